The first-order chi connectivity index (χ1) is 8.51. The maximum absolute atomic E-state index is 12.1. The lowest BCUT2D eigenvalue weighted by Crippen LogP contribution is -2.21. The Morgan fingerprint density at radius 1 is 1.11 bits per heavy atom. The van der Waals surface area contributed by atoms with E-state index in [9.17, 15) is 8.42 Å². The summed E-state index contributed by atoms with van der Waals surface area (Å²) in [4.78, 5) is 0. The highest BCUT2D eigenvalue weighted by atomic mass is 32.2. The van der Waals surface area contributed by atoms with E-state index in [2.05, 4.69) is 0 Å². The Labute approximate surface area is 110 Å². The molecule has 0 saturated heterocycles. The van der Waals surface area contributed by atoms with E-state index in [1.165, 1.54) is 18.4 Å². The van der Waals surface area contributed by atoms with Gasteiger partial charge in [0.1, 0.15) is 5.75 Å². The van der Waals surface area contributed by atoms with Crippen LogP contribution in [0.2, 0.25) is 0 Å². The molecule has 2 rings (SSSR count). The van der Waals surface area contributed by atoms with E-state index in [0.29, 0.717) is 11.5 Å². The van der Waals surface area contributed by atoms with Crippen LogP contribution in [0, 0.1) is 0 Å². The van der Waals surface area contributed by atoms with Gasteiger partial charge in [0.15, 0.2) is 9.96 Å². The summed E-state index contributed by atoms with van der Waals surface area (Å²) < 4.78 is 31.1. The highest BCUT2D eigenvalue weighted by Gasteiger charge is 2.24. The van der Waals surface area contributed by atoms with Gasteiger partial charge in [-0.1, -0.05) is 18.2 Å². The molecule has 0 N–H and O–H groups in total. The number of hydrogen-bond acceptors (Lipinski definition) is 4. The first-order valence-corrected chi connectivity index (χ1v) is 7.56. The van der Waals surface area contributed by atoms with Crippen molar-refractivity contribution in [2.24, 2.45) is 0 Å². The molecule has 1 aromatic carbocycles. The van der Waals surface area contributed by atoms with E-state index in [1.54, 1.807) is 23.6 Å². The Hall–Kier alpha value is -1.37. The summed E-state index contributed by atoms with van der Waals surface area (Å²) in [7, 11) is -0.455. The second-order valence-corrected chi connectivity index (χ2v) is 7.04. The fraction of sp³-hybridized carbons (Fsp3) is 0.167. The SMILES string of the molecule is CN(C)S(=O)(=O)c1sccc1Oc1ccccc1. The summed E-state index contributed by atoms with van der Waals surface area (Å²) in [5.41, 5.74) is 0. The Morgan fingerprint density at radius 3 is 2.39 bits per heavy atom. The van der Waals surface area contributed by atoms with Gasteiger partial charge in [0, 0.05) is 14.1 Å². The molecule has 0 atom stereocenters. The standard InChI is InChI=1S/C12H13NO3S2/c1-13(2)18(14,15)12-11(8-9-17-12)16-10-6-4-3-5-7-10/h3-9H,1-2H3. The predicted octanol–water partition coefficient (Wildman–Crippen LogP) is 2.79. The van der Waals surface area contributed by atoms with E-state index in [0.717, 1.165) is 11.3 Å². The van der Waals surface area contributed by atoms with E-state index < -0.39 is 10.0 Å². The molecule has 0 bridgehead atoms. The van der Waals surface area contributed by atoms with Gasteiger partial charge in [-0.2, -0.15) is 0 Å². The average molecular weight is 283 g/mol. The van der Waals surface area contributed by atoms with Crippen molar-refractivity contribution in [2.75, 3.05) is 14.1 Å². The van der Waals surface area contributed by atoms with Crippen LogP contribution in [0.4, 0.5) is 0 Å². The Kier molecular flexibility index (Phi) is 3.70. The van der Waals surface area contributed by atoms with Gasteiger partial charge in [-0.05, 0) is 23.6 Å². The largest absolute Gasteiger partial charge is 0.455 e. The van der Waals surface area contributed by atoms with Crippen LogP contribution in [0.1, 0.15) is 0 Å². The summed E-state index contributed by atoms with van der Waals surface area (Å²) in [6.45, 7) is 0. The minimum atomic E-state index is -3.46. The highest BCUT2D eigenvalue weighted by Crippen LogP contribution is 2.34. The van der Waals surface area contributed by atoms with Crippen molar-refractivity contribution in [2.45, 2.75) is 4.21 Å². The van der Waals surface area contributed by atoms with E-state index in [1.807, 2.05) is 18.2 Å². The Balaban J connectivity index is 2.35. The number of thiophene rings is 1. The minimum absolute atomic E-state index is 0.219. The fourth-order valence-corrected chi connectivity index (χ4v) is 3.67. The van der Waals surface area contributed by atoms with Crippen molar-refractivity contribution in [3.05, 3.63) is 41.8 Å². The lowest BCUT2D eigenvalue weighted by atomic mass is 10.3. The quantitative estimate of drug-likeness (QED) is 0.867. The van der Waals surface area contributed by atoms with E-state index in [4.69, 9.17) is 4.74 Å². The maximum Gasteiger partial charge on any atom is 0.255 e. The number of benzene rings is 1. The molecule has 0 aliphatic carbocycles. The normalized spacial score (nSPS) is 11.7. The molecule has 0 radical (unpaired) electrons. The molecule has 2 aromatic rings. The third kappa shape index (κ3) is 2.55. The summed E-state index contributed by atoms with van der Waals surface area (Å²) >= 11 is 1.15. The molecule has 0 spiro atoms. The zero-order valence-corrected chi connectivity index (χ0v) is 11.7. The first kappa shape index (κ1) is 13.1. The van der Waals surface area contributed by atoms with Gasteiger partial charge in [0.05, 0.1) is 0 Å². The molecular formula is C12H13NO3S2. The van der Waals surface area contributed by atoms with Crippen LogP contribution in [-0.2, 0) is 10.0 Å². The number of nitrogens with zero attached hydrogens (tertiary/aromatic N) is 1. The zero-order valence-electron chi connectivity index (χ0n) is 10.0. The van der Waals surface area contributed by atoms with E-state index in [-0.39, 0.29) is 4.21 Å². The number of rotatable bonds is 4. The third-order valence-electron chi connectivity index (χ3n) is 2.28. The van der Waals surface area contributed by atoms with Gasteiger partial charge in [-0.3, -0.25) is 0 Å². The smallest absolute Gasteiger partial charge is 0.255 e. The van der Waals surface area contributed by atoms with Crippen LogP contribution in [-0.4, -0.2) is 26.8 Å². The van der Waals surface area contributed by atoms with Crippen LogP contribution in [0.5, 0.6) is 11.5 Å². The van der Waals surface area contributed by atoms with Gasteiger partial charge < -0.3 is 4.74 Å². The van der Waals surface area contributed by atoms with Crippen molar-refractivity contribution in [3.63, 3.8) is 0 Å². The number of para-hydroxylation sites is 1. The fourth-order valence-electron chi connectivity index (χ4n) is 1.33. The predicted molar refractivity (Wildman–Crippen MR) is 71.7 cm³/mol. The third-order valence-corrected chi connectivity index (χ3v) is 5.52. The summed E-state index contributed by atoms with van der Waals surface area (Å²) in [6, 6.07) is 10.8. The molecule has 18 heavy (non-hydrogen) atoms. The van der Waals surface area contributed by atoms with Crippen LogP contribution < -0.4 is 4.74 Å². The minimum Gasteiger partial charge on any atom is -0.455 e. The molecular weight excluding hydrogens is 270 g/mol. The Morgan fingerprint density at radius 2 is 1.78 bits per heavy atom. The first-order valence-electron chi connectivity index (χ1n) is 5.25. The van der Waals surface area contributed by atoms with Gasteiger partial charge in [0.25, 0.3) is 10.0 Å². The molecule has 0 aliphatic heterocycles. The average Bonchev–Trinajstić information content (AvgIpc) is 2.79. The van der Waals surface area contributed by atoms with Crippen molar-refractivity contribution in [1.29, 1.82) is 0 Å². The molecule has 0 saturated carbocycles. The summed E-state index contributed by atoms with van der Waals surface area (Å²) in [6.07, 6.45) is 0. The summed E-state index contributed by atoms with van der Waals surface area (Å²) in [5.74, 6) is 0.978. The molecule has 4 nitrogen and oxygen atoms in total. The second-order valence-electron chi connectivity index (χ2n) is 3.77. The van der Waals surface area contributed by atoms with Crippen molar-refractivity contribution in [1.82, 2.24) is 4.31 Å². The zero-order chi connectivity index (χ0) is 13.2. The highest BCUT2D eigenvalue weighted by molar-refractivity contribution is 7.91. The van der Waals surface area contributed by atoms with Crippen molar-refractivity contribution >= 4 is 21.4 Å². The van der Waals surface area contributed by atoms with Crippen LogP contribution in [0.25, 0.3) is 0 Å². The van der Waals surface area contributed by atoms with E-state index >= 15 is 0 Å². The molecule has 0 fully saturated rings. The van der Waals surface area contributed by atoms with Gasteiger partial charge in [-0.25, -0.2) is 12.7 Å². The van der Waals surface area contributed by atoms with Gasteiger partial charge >= 0.3 is 0 Å². The molecule has 1 aromatic heterocycles. The van der Waals surface area contributed by atoms with Gasteiger partial charge in [0.2, 0.25) is 0 Å². The monoisotopic (exact) mass is 283 g/mol. The molecule has 96 valence electrons. The molecule has 6 heteroatoms. The molecule has 0 unspecified atom stereocenters. The van der Waals surface area contributed by atoms with Crippen LogP contribution in [0.15, 0.2) is 46.0 Å². The molecule has 0 aliphatic rings. The topological polar surface area (TPSA) is 46.6 Å². The van der Waals surface area contributed by atoms with Gasteiger partial charge in [-0.15, -0.1) is 11.3 Å². The van der Waals surface area contributed by atoms with Crippen LogP contribution >= 0.6 is 11.3 Å². The molecule has 0 amide bonds. The second kappa shape index (κ2) is 5.09. The number of hydrogen-bond donors (Lipinski definition) is 0. The lowest BCUT2D eigenvalue weighted by Gasteiger charge is -2.11. The number of sulfonamides is 1. The maximum atomic E-state index is 12.1. The Bertz CT molecular complexity index is 618. The summed E-state index contributed by atoms with van der Waals surface area (Å²) in [5, 5.41) is 1.70. The lowest BCUT2D eigenvalue weighted by molar-refractivity contribution is 0.466. The van der Waals surface area contributed by atoms with Crippen LogP contribution in [0.3, 0.4) is 0 Å². The van der Waals surface area contributed by atoms with Crippen molar-refractivity contribution in [3.8, 4) is 11.5 Å². The molecule has 1 heterocycles. The van der Waals surface area contributed by atoms with Crippen molar-refractivity contribution < 1.29 is 13.2 Å². The number of ether oxygens (including phenoxy) is 1.